The van der Waals surface area contributed by atoms with Gasteiger partial charge in [0.2, 0.25) is 15.8 Å². The summed E-state index contributed by atoms with van der Waals surface area (Å²) in [5, 5.41) is 0. The van der Waals surface area contributed by atoms with Crippen molar-refractivity contribution in [3.05, 3.63) is 29.1 Å². The van der Waals surface area contributed by atoms with Crippen LogP contribution in [0.1, 0.15) is 25.7 Å². The van der Waals surface area contributed by atoms with Gasteiger partial charge in [0.1, 0.15) is 0 Å². The van der Waals surface area contributed by atoms with E-state index in [0.717, 1.165) is 6.42 Å². The number of sulfonamides is 1. The van der Waals surface area contributed by atoms with Crippen molar-refractivity contribution in [3.8, 4) is 0 Å². The van der Waals surface area contributed by atoms with Gasteiger partial charge in [-0.2, -0.15) is 0 Å². The number of hydrogen-bond donors (Lipinski definition) is 2. The summed E-state index contributed by atoms with van der Waals surface area (Å²) in [7, 11) is -4.94. The van der Waals surface area contributed by atoms with Gasteiger partial charge < -0.3 is 5.73 Å². The molecule has 0 radical (unpaired) electrons. The minimum absolute atomic E-state index is 0.315. The molecule has 0 aromatic heterocycles. The number of halogens is 5. The lowest BCUT2D eigenvalue weighted by atomic mass is 9.92. The molecule has 4 nitrogen and oxygen atoms in total. The summed E-state index contributed by atoms with van der Waals surface area (Å²) in [6.45, 7) is 0. The Balaban J connectivity index is 2.46. The van der Waals surface area contributed by atoms with E-state index in [4.69, 9.17) is 5.73 Å². The lowest BCUT2D eigenvalue weighted by Crippen LogP contribution is -2.49. The number of nitrogens with two attached hydrogens (primary N) is 1. The molecule has 2 rings (SSSR count). The Labute approximate surface area is 123 Å². The van der Waals surface area contributed by atoms with Gasteiger partial charge in [-0.1, -0.05) is 12.8 Å². The highest BCUT2D eigenvalue weighted by molar-refractivity contribution is 7.89. The second kappa shape index (κ2) is 6.09. The number of benzene rings is 1. The van der Waals surface area contributed by atoms with Gasteiger partial charge in [0.05, 0.1) is 0 Å². The summed E-state index contributed by atoms with van der Waals surface area (Å²) in [6.07, 6.45) is 2.21. The third-order valence-electron chi connectivity index (χ3n) is 3.56. The molecular weight excluding hydrogens is 331 g/mol. The van der Waals surface area contributed by atoms with Crippen LogP contribution in [0.15, 0.2) is 4.90 Å². The third kappa shape index (κ3) is 2.95. The van der Waals surface area contributed by atoms with Crippen LogP contribution in [0, 0.1) is 29.1 Å². The van der Waals surface area contributed by atoms with E-state index in [9.17, 15) is 30.4 Å². The van der Waals surface area contributed by atoms with Gasteiger partial charge in [-0.25, -0.2) is 35.1 Å². The van der Waals surface area contributed by atoms with Gasteiger partial charge in [-0.15, -0.1) is 0 Å². The van der Waals surface area contributed by atoms with E-state index in [1.165, 1.54) is 0 Å². The van der Waals surface area contributed by atoms with Crippen LogP contribution >= 0.6 is 0 Å². The van der Waals surface area contributed by atoms with E-state index >= 15 is 0 Å². The molecule has 1 saturated carbocycles. The van der Waals surface area contributed by atoms with Crippen LogP contribution in [0.3, 0.4) is 0 Å². The standard InChI is InChI=1S/C12H13F5N2O2S/c13-7-8(14)10(16)12(11(17)9(7)15)22(20,21)19-6-4-2-1-3-5(6)18/h5-6,19H,1-4,18H2. The lowest BCUT2D eigenvalue weighted by molar-refractivity contribution is 0.348. The van der Waals surface area contributed by atoms with Crippen molar-refractivity contribution in [2.24, 2.45) is 5.73 Å². The van der Waals surface area contributed by atoms with Crippen molar-refractivity contribution in [3.63, 3.8) is 0 Å². The fourth-order valence-corrected chi connectivity index (χ4v) is 3.84. The summed E-state index contributed by atoms with van der Waals surface area (Å²) in [4.78, 5) is -1.89. The third-order valence-corrected chi connectivity index (χ3v) is 5.07. The summed E-state index contributed by atoms with van der Waals surface area (Å²) in [6, 6.07) is -1.42. The number of rotatable bonds is 3. The number of hydrogen-bond acceptors (Lipinski definition) is 3. The molecule has 2 atom stereocenters. The van der Waals surface area contributed by atoms with Crippen LogP contribution in [0.25, 0.3) is 0 Å². The second-order valence-corrected chi connectivity index (χ2v) is 6.73. The van der Waals surface area contributed by atoms with Gasteiger partial charge >= 0.3 is 0 Å². The Morgan fingerprint density at radius 3 is 1.82 bits per heavy atom. The number of nitrogens with one attached hydrogen (secondary N) is 1. The largest absolute Gasteiger partial charge is 0.326 e. The van der Waals surface area contributed by atoms with E-state index < -0.39 is 56.1 Å². The summed E-state index contributed by atoms with van der Waals surface area (Å²) < 4.78 is 92.3. The van der Waals surface area contributed by atoms with Gasteiger partial charge in [0.15, 0.2) is 28.2 Å². The Bertz CT molecular complexity index is 666. The lowest BCUT2D eigenvalue weighted by Gasteiger charge is -2.29. The molecule has 1 aliphatic rings. The molecule has 22 heavy (non-hydrogen) atoms. The Morgan fingerprint density at radius 2 is 1.32 bits per heavy atom. The Morgan fingerprint density at radius 1 is 0.864 bits per heavy atom. The van der Waals surface area contributed by atoms with Crippen LogP contribution in [0.5, 0.6) is 0 Å². The molecule has 1 aromatic rings. The molecule has 0 heterocycles. The minimum Gasteiger partial charge on any atom is -0.326 e. The molecule has 1 fully saturated rings. The van der Waals surface area contributed by atoms with Crippen molar-refractivity contribution >= 4 is 10.0 Å². The summed E-state index contributed by atoms with van der Waals surface area (Å²) in [5.41, 5.74) is 5.70. The Hall–Kier alpha value is -1.26. The first-order valence-corrected chi connectivity index (χ1v) is 7.94. The van der Waals surface area contributed by atoms with Crippen LogP contribution in [0.2, 0.25) is 0 Å². The minimum atomic E-state index is -4.94. The first-order valence-electron chi connectivity index (χ1n) is 6.46. The predicted molar refractivity (Wildman–Crippen MR) is 66.8 cm³/mol. The van der Waals surface area contributed by atoms with Crippen molar-refractivity contribution in [2.45, 2.75) is 42.7 Å². The average molecular weight is 344 g/mol. The van der Waals surface area contributed by atoms with E-state index in [-0.39, 0.29) is 0 Å². The van der Waals surface area contributed by atoms with Gasteiger partial charge in [-0.05, 0) is 12.8 Å². The van der Waals surface area contributed by atoms with Crippen molar-refractivity contribution in [1.29, 1.82) is 0 Å². The van der Waals surface area contributed by atoms with Crippen LogP contribution in [0.4, 0.5) is 22.0 Å². The first kappa shape index (κ1) is 17.1. The highest BCUT2D eigenvalue weighted by Gasteiger charge is 2.36. The van der Waals surface area contributed by atoms with E-state index in [0.29, 0.717) is 19.3 Å². The van der Waals surface area contributed by atoms with Crippen LogP contribution < -0.4 is 10.5 Å². The van der Waals surface area contributed by atoms with Gasteiger partial charge in [-0.3, -0.25) is 0 Å². The molecule has 10 heteroatoms. The summed E-state index contributed by atoms with van der Waals surface area (Å²) in [5.74, 6) is -11.8. The topological polar surface area (TPSA) is 72.2 Å². The summed E-state index contributed by atoms with van der Waals surface area (Å²) >= 11 is 0. The van der Waals surface area contributed by atoms with E-state index in [1.54, 1.807) is 0 Å². The molecule has 0 bridgehead atoms. The normalized spacial score (nSPS) is 22.8. The van der Waals surface area contributed by atoms with Crippen LogP contribution in [-0.4, -0.2) is 20.5 Å². The molecule has 3 N–H and O–H groups in total. The fraction of sp³-hybridized carbons (Fsp3) is 0.500. The molecular formula is C12H13F5N2O2S. The van der Waals surface area contributed by atoms with E-state index in [2.05, 4.69) is 0 Å². The average Bonchev–Trinajstić information content (AvgIpc) is 2.45. The quantitative estimate of drug-likeness (QED) is 0.500. The molecule has 2 unspecified atom stereocenters. The maximum Gasteiger partial charge on any atom is 0.246 e. The molecule has 124 valence electrons. The highest BCUT2D eigenvalue weighted by Crippen LogP contribution is 2.27. The molecule has 0 amide bonds. The maximum absolute atomic E-state index is 13.6. The van der Waals surface area contributed by atoms with E-state index in [1.807, 2.05) is 4.72 Å². The maximum atomic E-state index is 13.6. The molecule has 1 aromatic carbocycles. The SMILES string of the molecule is NC1CCCCC1NS(=O)(=O)c1c(F)c(F)c(F)c(F)c1F. The van der Waals surface area contributed by atoms with Gasteiger partial charge in [0, 0.05) is 12.1 Å². The van der Waals surface area contributed by atoms with Crippen LogP contribution in [-0.2, 0) is 10.0 Å². The second-order valence-electron chi connectivity index (χ2n) is 5.08. The first-order chi connectivity index (χ1) is 10.2. The van der Waals surface area contributed by atoms with Gasteiger partial charge in [0.25, 0.3) is 0 Å². The fourth-order valence-electron chi connectivity index (χ4n) is 2.38. The van der Waals surface area contributed by atoms with Crippen molar-refractivity contribution in [1.82, 2.24) is 4.72 Å². The molecule has 1 aliphatic carbocycles. The monoisotopic (exact) mass is 344 g/mol. The smallest absolute Gasteiger partial charge is 0.246 e. The Kier molecular flexibility index (Phi) is 4.73. The zero-order valence-electron chi connectivity index (χ0n) is 11.2. The van der Waals surface area contributed by atoms with Crippen molar-refractivity contribution < 1.29 is 30.4 Å². The zero-order valence-corrected chi connectivity index (χ0v) is 12.0. The molecule has 0 aliphatic heterocycles. The highest BCUT2D eigenvalue weighted by atomic mass is 32.2. The zero-order chi connectivity index (χ0) is 16.7. The molecule has 0 saturated heterocycles. The van der Waals surface area contributed by atoms with Crippen molar-refractivity contribution in [2.75, 3.05) is 0 Å². The molecule has 0 spiro atoms. The predicted octanol–water partition coefficient (Wildman–Crippen LogP) is 1.93.